The van der Waals surface area contributed by atoms with E-state index in [0.717, 1.165) is 0 Å². The first-order valence-electron chi connectivity index (χ1n) is 2.28. The van der Waals surface area contributed by atoms with E-state index in [1.807, 2.05) is 0 Å². The first-order valence-corrected chi connectivity index (χ1v) is 3.02. The maximum atomic E-state index is 8.80. The van der Waals surface area contributed by atoms with Gasteiger partial charge in [0.15, 0.2) is 0 Å². The van der Waals surface area contributed by atoms with Crippen molar-refractivity contribution in [1.29, 1.82) is 0 Å². The second-order valence-corrected chi connectivity index (χ2v) is 2.32. The second kappa shape index (κ2) is 2.37. The van der Waals surface area contributed by atoms with Crippen LogP contribution in [0.4, 0.5) is 0 Å². The van der Waals surface area contributed by atoms with E-state index in [2.05, 4.69) is 0 Å². The van der Waals surface area contributed by atoms with Crippen molar-refractivity contribution in [2.45, 2.75) is 0 Å². The van der Waals surface area contributed by atoms with Crippen LogP contribution in [0.3, 0.4) is 0 Å². The summed E-state index contributed by atoms with van der Waals surface area (Å²) in [6.45, 7) is 0. The summed E-state index contributed by atoms with van der Waals surface area (Å²) in [7, 11) is 0. The summed E-state index contributed by atoms with van der Waals surface area (Å²) in [5.74, 6) is 0.136. The smallest absolute Gasteiger partial charge is 0.124 e. The van der Waals surface area contributed by atoms with E-state index in [0.29, 0.717) is 4.64 Å². The van der Waals surface area contributed by atoms with Crippen LogP contribution in [0.15, 0.2) is 18.3 Å². The van der Waals surface area contributed by atoms with Gasteiger partial charge in [0.05, 0.1) is 0 Å². The molecule has 0 fully saturated rings. The summed E-state index contributed by atoms with van der Waals surface area (Å²) in [5.41, 5.74) is 0. The highest BCUT2D eigenvalue weighted by molar-refractivity contribution is 7.71. The van der Waals surface area contributed by atoms with Crippen molar-refractivity contribution in [1.82, 2.24) is 4.09 Å². The van der Waals surface area contributed by atoms with Gasteiger partial charge in [-0.15, -0.1) is 0 Å². The molecule has 0 unspecified atom stereocenters. The highest BCUT2D eigenvalue weighted by atomic mass is 35.5. The Hall–Kier alpha value is -0.540. The monoisotopic (exact) mass is 161 g/mol. The van der Waals surface area contributed by atoms with Crippen molar-refractivity contribution in [3.05, 3.63) is 23.0 Å². The molecule has 0 saturated heterocycles. The Kier molecular flexibility index (Phi) is 1.73. The van der Waals surface area contributed by atoms with Crippen LogP contribution in [0.1, 0.15) is 0 Å². The van der Waals surface area contributed by atoms with Gasteiger partial charge in [-0.1, -0.05) is 12.2 Å². The third-order valence-electron chi connectivity index (χ3n) is 0.858. The summed E-state index contributed by atoms with van der Waals surface area (Å²) in [6, 6.07) is 2.87. The molecule has 1 heterocycles. The summed E-state index contributed by atoms with van der Waals surface area (Å²) in [6.07, 6.45) is 1.49. The maximum Gasteiger partial charge on any atom is 0.124 e. The molecule has 0 aliphatic heterocycles. The molecule has 0 saturated carbocycles. The first-order chi connectivity index (χ1) is 4.20. The lowest BCUT2D eigenvalue weighted by atomic mass is 10.5. The SMILES string of the molecule is Oc1ccn(Cl)c(=S)c1. The van der Waals surface area contributed by atoms with Crippen LogP contribution in [0, 0.1) is 4.64 Å². The normalized spacial score (nSPS) is 9.44. The van der Waals surface area contributed by atoms with E-state index in [1.54, 1.807) is 0 Å². The number of hydrogen-bond acceptors (Lipinski definition) is 2. The Bertz CT molecular complexity index is 270. The van der Waals surface area contributed by atoms with Gasteiger partial charge in [-0.3, -0.25) is 4.09 Å². The summed E-state index contributed by atoms with van der Waals surface area (Å²) >= 11 is 10.2. The molecule has 0 bridgehead atoms. The molecule has 4 heteroatoms. The quantitative estimate of drug-likeness (QED) is 0.589. The Morgan fingerprint density at radius 2 is 2.33 bits per heavy atom. The molecular formula is C5H4ClNOS. The van der Waals surface area contributed by atoms with Gasteiger partial charge in [-0.25, -0.2) is 0 Å². The molecule has 1 N–H and O–H groups in total. The van der Waals surface area contributed by atoms with Crippen molar-refractivity contribution >= 4 is 24.0 Å². The van der Waals surface area contributed by atoms with Crippen LogP contribution < -0.4 is 0 Å². The molecule has 1 rings (SSSR count). The van der Waals surface area contributed by atoms with Crippen LogP contribution in [0.2, 0.25) is 0 Å². The van der Waals surface area contributed by atoms with Crippen molar-refractivity contribution in [3.63, 3.8) is 0 Å². The molecule has 1 aromatic heterocycles. The minimum absolute atomic E-state index is 0.136. The van der Waals surface area contributed by atoms with Crippen molar-refractivity contribution < 1.29 is 5.11 Å². The second-order valence-electron chi connectivity index (χ2n) is 1.53. The number of nitrogens with zero attached hydrogens (tertiary/aromatic N) is 1. The molecule has 0 atom stereocenters. The molecule has 0 aliphatic rings. The van der Waals surface area contributed by atoms with Gasteiger partial charge in [0.25, 0.3) is 0 Å². The van der Waals surface area contributed by atoms with E-state index in [4.69, 9.17) is 29.1 Å². The Balaban J connectivity index is 3.34. The number of halogens is 1. The molecule has 0 amide bonds. The zero-order chi connectivity index (χ0) is 6.85. The van der Waals surface area contributed by atoms with Gasteiger partial charge in [0.1, 0.15) is 10.4 Å². The van der Waals surface area contributed by atoms with E-state index < -0.39 is 0 Å². The Morgan fingerprint density at radius 1 is 1.67 bits per heavy atom. The zero-order valence-corrected chi connectivity index (χ0v) is 5.99. The van der Waals surface area contributed by atoms with E-state index in [-0.39, 0.29) is 5.75 Å². The van der Waals surface area contributed by atoms with Crippen molar-refractivity contribution in [2.24, 2.45) is 0 Å². The lowest BCUT2D eigenvalue weighted by Gasteiger charge is -1.92. The fourth-order valence-electron chi connectivity index (χ4n) is 0.452. The van der Waals surface area contributed by atoms with Crippen LogP contribution in [-0.4, -0.2) is 9.19 Å². The van der Waals surface area contributed by atoms with Gasteiger partial charge in [-0.05, 0) is 6.07 Å². The molecule has 0 aliphatic carbocycles. The third kappa shape index (κ3) is 1.43. The van der Waals surface area contributed by atoms with E-state index in [9.17, 15) is 0 Å². The highest BCUT2D eigenvalue weighted by Gasteiger charge is 1.87. The predicted molar refractivity (Wildman–Crippen MR) is 38.2 cm³/mol. The van der Waals surface area contributed by atoms with Crippen molar-refractivity contribution in [3.8, 4) is 5.75 Å². The maximum absolute atomic E-state index is 8.80. The van der Waals surface area contributed by atoms with Gasteiger partial charge in [0.2, 0.25) is 0 Å². The third-order valence-corrected chi connectivity index (χ3v) is 1.57. The minimum Gasteiger partial charge on any atom is -0.508 e. The van der Waals surface area contributed by atoms with E-state index in [1.165, 1.54) is 22.4 Å². The highest BCUT2D eigenvalue weighted by Crippen LogP contribution is 2.07. The molecule has 2 nitrogen and oxygen atoms in total. The Morgan fingerprint density at radius 3 is 2.78 bits per heavy atom. The fraction of sp³-hybridized carbons (Fsp3) is 0. The number of pyridine rings is 1. The van der Waals surface area contributed by atoms with Gasteiger partial charge in [0, 0.05) is 24.0 Å². The van der Waals surface area contributed by atoms with Gasteiger partial charge < -0.3 is 5.11 Å². The number of hydrogen-bond donors (Lipinski definition) is 1. The molecule has 48 valence electrons. The summed E-state index contributed by atoms with van der Waals surface area (Å²) in [4.78, 5) is 0. The lowest BCUT2D eigenvalue weighted by molar-refractivity contribution is 0.474. The average Bonchev–Trinajstić information content (AvgIpc) is 1.80. The van der Waals surface area contributed by atoms with Crippen molar-refractivity contribution in [2.75, 3.05) is 0 Å². The van der Waals surface area contributed by atoms with Crippen LogP contribution in [-0.2, 0) is 0 Å². The molecular weight excluding hydrogens is 158 g/mol. The zero-order valence-electron chi connectivity index (χ0n) is 4.41. The summed E-state index contributed by atoms with van der Waals surface area (Å²) in [5, 5.41) is 8.80. The molecule has 1 aromatic rings. The predicted octanol–water partition coefficient (Wildman–Crippen LogP) is 1.93. The number of rotatable bonds is 0. The van der Waals surface area contributed by atoms with Crippen LogP contribution in [0.5, 0.6) is 5.75 Å². The number of aromatic hydroxyl groups is 1. The average molecular weight is 162 g/mol. The first kappa shape index (κ1) is 6.58. The standard InChI is InChI=1S/C5H4ClNOS/c6-7-2-1-4(8)3-5(7)9/h1-3,8H. The minimum atomic E-state index is 0.136. The topological polar surface area (TPSA) is 25.2 Å². The Labute approximate surface area is 62.4 Å². The van der Waals surface area contributed by atoms with Crippen LogP contribution in [0.25, 0.3) is 0 Å². The van der Waals surface area contributed by atoms with Crippen LogP contribution >= 0.6 is 24.0 Å². The van der Waals surface area contributed by atoms with Gasteiger partial charge in [-0.2, -0.15) is 0 Å². The molecule has 0 spiro atoms. The summed E-state index contributed by atoms with van der Waals surface area (Å²) < 4.78 is 1.63. The molecule has 9 heavy (non-hydrogen) atoms. The fourth-order valence-corrected chi connectivity index (χ4v) is 0.738. The largest absolute Gasteiger partial charge is 0.508 e. The molecule has 0 radical (unpaired) electrons. The number of aromatic nitrogens is 1. The lowest BCUT2D eigenvalue weighted by Crippen LogP contribution is -1.80. The van der Waals surface area contributed by atoms with E-state index >= 15 is 0 Å². The van der Waals surface area contributed by atoms with Gasteiger partial charge >= 0.3 is 0 Å². The molecule has 0 aromatic carbocycles.